The van der Waals surface area contributed by atoms with Crippen molar-refractivity contribution in [1.29, 1.82) is 0 Å². The van der Waals surface area contributed by atoms with Gasteiger partial charge in [0.15, 0.2) is 0 Å². The molecule has 2 N–H and O–H groups in total. The summed E-state index contributed by atoms with van der Waals surface area (Å²) in [6.07, 6.45) is 1.81. The molecule has 2 aromatic carbocycles. The lowest BCUT2D eigenvalue weighted by atomic mass is 10.1. The lowest BCUT2D eigenvalue weighted by Gasteiger charge is -2.27. The van der Waals surface area contributed by atoms with Crippen LogP contribution >= 0.6 is 11.6 Å². The molecule has 0 spiro atoms. The first-order valence-electron chi connectivity index (χ1n) is 10.1. The number of nitrogens with zero attached hydrogens (tertiary/aromatic N) is 2. The molecular weight excluding hydrogens is 432 g/mol. The highest BCUT2D eigenvalue weighted by atomic mass is 35.5. The van der Waals surface area contributed by atoms with Crippen LogP contribution in [0, 0.1) is 0 Å². The first-order chi connectivity index (χ1) is 15.3. The Kier molecular flexibility index (Phi) is 9.69. The van der Waals surface area contributed by atoms with E-state index in [1.165, 1.54) is 4.90 Å². The minimum Gasteiger partial charge on any atom is -0.364 e. The third-order valence-electron chi connectivity index (χ3n) is 4.65. The standard InChI is InChI=1S/C23H27ClN4O4/c1-17(12-18-6-4-3-5-7-18)26-23(32)15-28(16-30)21-13-19(24)8-9-20(21)27(2)14-22(31)25-10-11-29/h3-9,11,13,16-17H,10,12,14-15H2,1-2H3,(H,25,31)(H,26,32). The number of rotatable bonds is 12. The molecule has 0 saturated heterocycles. The van der Waals surface area contributed by atoms with E-state index in [4.69, 9.17) is 11.6 Å². The number of hydrogen-bond acceptors (Lipinski definition) is 5. The van der Waals surface area contributed by atoms with Gasteiger partial charge in [-0.2, -0.15) is 0 Å². The number of carbonyl (C=O) groups is 4. The number of likely N-dealkylation sites (N-methyl/N-ethyl adjacent to an activating group) is 1. The molecule has 32 heavy (non-hydrogen) atoms. The van der Waals surface area contributed by atoms with Crippen LogP contribution in [0.1, 0.15) is 12.5 Å². The van der Waals surface area contributed by atoms with Crippen molar-refractivity contribution in [1.82, 2.24) is 10.6 Å². The van der Waals surface area contributed by atoms with Crippen LogP contribution in [0.25, 0.3) is 0 Å². The Morgan fingerprint density at radius 2 is 1.75 bits per heavy atom. The number of benzene rings is 2. The minimum absolute atomic E-state index is 0.0462. The van der Waals surface area contributed by atoms with E-state index in [-0.39, 0.29) is 37.5 Å². The molecule has 0 radical (unpaired) electrons. The molecule has 3 amide bonds. The van der Waals surface area contributed by atoms with E-state index in [2.05, 4.69) is 10.6 Å². The smallest absolute Gasteiger partial charge is 0.240 e. The predicted molar refractivity (Wildman–Crippen MR) is 125 cm³/mol. The van der Waals surface area contributed by atoms with E-state index in [9.17, 15) is 19.2 Å². The van der Waals surface area contributed by atoms with Crippen LogP contribution in [0.5, 0.6) is 0 Å². The second kappa shape index (κ2) is 12.5. The van der Waals surface area contributed by atoms with Crippen LogP contribution in [0.2, 0.25) is 5.02 Å². The highest BCUT2D eigenvalue weighted by molar-refractivity contribution is 6.31. The van der Waals surface area contributed by atoms with Crippen molar-refractivity contribution >= 4 is 47.5 Å². The van der Waals surface area contributed by atoms with Crippen molar-refractivity contribution < 1.29 is 19.2 Å². The molecule has 8 nitrogen and oxygen atoms in total. The minimum atomic E-state index is -0.356. The van der Waals surface area contributed by atoms with Crippen LogP contribution < -0.4 is 20.4 Å². The molecule has 0 aliphatic heterocycles. The zero-order chi connectivity index (χ0) is 23.5. The molecule has 0 aliphatic rings. The maximum Gasteiger partial charge on any atom is 0.240 e. The van der Waals surface area contributed by atoms with E-state index >= 15 is 0 Å². The van der Waals surface area contributed by atoms with Crippen molar-refractivity contribution in [2.75, 3.05) is 36.5 Å². The number of carbonyl (C=O) groups excluding carboxylic acids is 4. The van der Waals surface area contributed by atoms with Crippen molar-refractivity contribution in [2.45, 2.75) is 19.4 Å². The zero-order valence-corrected chi connectivity index (χ0v) is 18.8. The summed E-state index contributed by atoms with van der Waals surface area (Å²) in [5.74, 6) is -0.677. The van der Waals surface area contributed by atoms with Crippen LogP contribution in [-0.2, 0) is 25.6 Å². The molecule has 0 heterocycles. The summed E-state index contributed by atoms with van der Waals surface area (Å²) in [5.41, 5.74) is 2.02. The van der Waals surface area contributed by atoms with Gasteiger partial charge in [-0.05, 0) is 37.1 Å². The van der Waals surface area contributed by atoms with Gasteiger partial charge in [-0.3, -0.25) is 14.4 Å². The normalized spacial score (nSPS) is 11.2. The molecule has 0 bridgehead atoms. The summed E-state index contributed by atoms with van der Waals surface area (Å²) in [6.45, 7) is 1.56. The van der Waals surface area contributed by atoms with Gasteiger partial charge in [0.1, 0.15) is 12.8 Å². The summed E-state index contributed by atoms with van der Waals surface area (Å²) in [5, 5.41) is 5.74. The van der Waals surface area contributed by atoms with E-state index in [0.717, 1.165) is 5.56 Å². The molecule has 1 atom stereocenters. The van der Waals surface area contributed by atoms with Crippen LogP contribution in [0.3, 0.4) is 0 Å². The Bertz CT molecular complexity index is 939. The van der Waals surface area contributed by atoms with Crippen LogP contribution in [-0.4, -0.2) is 57.2 Å². The van der Waals surface area contributed by atoms with Gasteiger partial charge in [0.05, 0.1) is 24.5 Å². The molecule has 0 fully saturated rings. The average molecular weight is 459 g/mol. The Morgan fingerprint density at radius 3 is 2.41 bits per heavy atom. The van der Waals surface area contributed by atoms with Crippen molar-refractivity contribution in [3.05, 3.63) is 59.1 Å². The van der Waals surface area contributed by atoms with Gasteiger partial charge in [-0.25, -0.2) is 0 Å². The van der Waals surface area contributed by atoms with E-state index in [0.29, 0.717) is 35.5 Å². The average Bonchev–Trinajstić information content (AvgIpc) is 2.76. The first kappa shape index (κ1) is 24.9. The Morgan fingerprint density at radius 1 is 1.03 bits per heavy atom. The fraction of sp³-hybridized carbons (Fsp3) is 0.304. The lowest BCUT2D eigenvalue weighted by Crippen LogP contribution is -2.42. The van der Waals surface area contributed by atoms with Gasteiger partial charge in [0.2, 0.25) is 18.2 Å². The fourth-order valence-corrected chi connectivity index (χ4v) is 3.40. The lowest BCUT2D eigenvalue weighted by molar-refractivity contribution is -0.121. The Hall–Kier alpha value is -3.39. The van der Waals surface area contributed by atoms with Gasteiger partial charge < -0.3 is 25.2 Å². The molecule has 2 aromatic rings. The second-order valence-corrected chi connectivity index (χ2v) is 7.79. The van der Waals surface area contributed by atoms with Gasteiger partial charge in [-0.15, -0.1) is 0 Å². The Balaban J connectivity index is 2.09. The third kappa shape index (κ3) is 7.70. The highest BCUT2D eigenvalue weighted by Gasteiger charge is 2.19. The van der Waals surface area contributed by atoms with Gasteiger partial charge >= 0.3 is 0 Å². The van der Waals surface area contributed by atoms with Crippen LogP contribution in [0.15, 0.2) is 48.5 Å². The summed E-state index contributed by atoms with van der Waals surface area (Å²) in [6, 6.07) is 14.5. The zero-order valence-electron chi connectivity index (χ0n) is 18.1. The molecule has 1 unspecified atom stereocenters. The van der Waals surface area contributed by atoms with Gasteiger partial charge in [-0.1, -0.05) is 41.9 Å². The monoisotopic (exact) mass is 458 g/mol. The number of halogens is 1. The maximum absolute atomic E-state index is 12.6. The summed E-state index contributed by atoms with van der Waals surface area (Å²) < 4.78 is 0. The summed E-state index contributed by atoms with van der Waals surface area (Å²) in [7, 11) is 1.66. The largest absolute Gasteiger partial charge is 0.364 e. The summed E-state index contributed by atoms with van der Waals surface area (Å²) in [4.78, 5) is 49.7. The molecule has 0 aromatic heterocycles. The molecule has 2 rings (SSSR count). The molecule has 9 heteroatoms. The highest BCUT2D eigenvalue weighted by Crippen LogP contribution is 2.31. The molecule has 0 saturated carbocycles. The van der Waals surface area contributed by atoms with Gasteiger partial charge in [0, 0.05) is 18.1 Å². The molecular formula is C23H27ClN4O4. The fourth-order valence-electron chi connectivity index (χ4n) is 3.23. The van der Waals surface area contributed by atoms with Gasteiger partial charge in [0.25, 0.3) is 0 Å². The van der Waals surface area contributed by atoms with E-state index < -0.39 is 0 Å². The maximum atomic E-state index is 12.6. The first-order valence-corrected chi connectivity index (χ1v) is 10.5. The number of nitrogens with one attached hydrogen (secondary N) is 2. The quantitative estimate of drug-likeness (QED) is 0.472. The summed E-state index contributed by atoms with van der Waals surface area (Å²) >= 11 is 6.13. The number of aldehydes is 1. The Labute approximate surface area is 192 Å². The van der Waals surface area contributed by atoms with Crippen molar-refractivity contribution in [3.8, 4) is 0 Å². The number of amides is 3. The van der Waals surface area contributed by atoms with Crippen molar-refractivity contribution in [3.63, 3.8) is 0 Å². The number of anilines is 2. The third-order valence-corrected chi connectivity index (χ3v) is 4.89. The van der Waals surface area contributed by atoms with E-state index in [1.807, 2.05) is 37.3 Å². The van der Waals surface area contributed by atoms with Crippen LogP contribution in [0.4, 0.5) is 11.4 Å². The SMILES string of the molecule is CC(Cc1ccccc1)NC(=O)CN(C=O)c1cc(Cl)ccc1N(C)CC(=O)NCC=O. The van der Waals surface area contributed by atoms with Crippen molar-refractivity contribution in [2.24, 2.45) is 0 Å². The number of hydrogen-bond donors (Lipinski definition) is 2. The second-order valence-electron chi connectivity index (χ2n) is 7.35. The van der Waals surface area contributed by atoms with E-state index in [1.54, 1.807) is 30.1 Å². The molecule has 170 valence electrons. The molecule has 0 aliphatic carbocycles. The topological polar surface area (TPSA) is 98.8 Å². The predicted octanol–water partition coefficient (Wildman–Crippen LogP) is 1.80.